The summed E-state index contributed by atoms with van der Waals surface area (Å²) in [5.41, 5.74) is 1.33. The van der Waals surface area contributed by atoms with E-state index in [1.165, 1.54) is 5.56 Å². The molecule has 17 heavy (non-hydrogen) atoms. The lowest BCUT2D eigenvalue weighted by Gasteiger charge is -1.95. The van der Waals surface area contributed by atoms with E-state index < -0.39 is 6.68 Å². The number of benzene rings is 1. The van der Waals surface area contributed by atoms with Crippen LogP contribution in [0, 0.1) is 0 Å². The van der Waals surface area contributed by atoms with Gasteiger partial charge in [-0.25, -0.2) is 9.13 Å². The summed E-state index contributed by atoms with van der Waals surface area (Å²) in [4.78, 5) is 0. The molecule has 1 heterocycles. The van der Waals surface area contributed by atoms with Gasteiger partial charge in [-0.1, -0.05) is 30.3 Å². The molecular formula is C12H14F3N2+. The molecule has 2 rings (SSSR count). The van der Waals surface area contributed by atoms with Crippen molar-refractivity contribution in [3.05, 3.63) is 54.6 Å². The number of rotatable bonds is 2. The quantitative estimate of drug-likeness (QED) is 0.717. The minimum atomic E-state index is -3.67. The van der Waals surface area contributed by atoms with E-state index in [4.69, 9.17) is 0 Å². The smallest absolute Gasteiger partial charge is 0.240 e. The molecule has 0 saturated heterocycles. The Kier molecular flexibility index (Phi) is 5.26. The minimum absolute atomic E-state index is 0.946. The topological polar surface area (TPSA) is 8.81 Å². The maximum absolute atomic E-state index is 9.67. The first-order valence-corrected chi connectivity index (χ1v) is 5.05. The van der Waals surface area contributed by atoms with Gasteiger partial charge in [0.2, 0.25) is 6.33 Å². The summed E-state index contributed by atoms with van der Waals surface area (Å²) in [5, 5.41) is 0. The maximum atomic E-state index is 9.67. The van der Waals surface area contributed by atoms with Crippen LogP contribution in [-0.4, -0.2) is 11.2 Å². The van der Waals surface area contributed by atoms with Crippen molar-refractivity contribution in [1.29, 1.82) is 0 Å². The zero-order valence-electron chi connectivity index (χ0n) is 9.43. The lowest BCUT2D eigenvalue weighted by atomic mass is 10.2. The van der Waals surface area contributed by atoms with Gasteiger partial charge in [-0.2, -0.15) is 13.2 Å². The van der Waals surface area contributed by atoms with Crippen LogP contribution in [0.15, 0.2) is 49.1 Å². The second-order valence-corrected chi connectivity index (χ2v) is 3.48. The fourth-order valence-corrected chi connectivity index (χ4v) is 1.39. The van der Waals surface area contributed by atoms with Gasteiger partial charge in [0.15, 0.2) is 0 Å². The lowest BCUT2D eigenvalue weighted by molar-refractivity contribution is -0.671. The standard InChI is InChI=1S/C11H13N2.CHF3/c1-12-7-8-13(10-12)9-11-5-3-2-4-6-11;2-1(3)4/h2-8,10H,9H2,1H3;1H/q+1;. The van der Waals surface area contributed by atoms with Gasteiger partial charge in [-0.3, -0.25) is 0 Å². The van der Waals surface area contributed by atoms with Crippen LogP contribution in [0.4, 0.5) is 13.2 Å². The Morgan fingerprint density at radius 1 is 1.18 bits per heavy atom. The highest BCUT2D eigenvalue weighted by Crippen LogP contribution is 2.00. The van der Waals surface area contributed by atoms with Crippen LogP contribution < -0.4 is 4.57 Å². The second kappa shape index (κ2) is 6.73. The highest BCUT2D eigenvalue weighted by Gasteiger charge is 1.99. The van der Waals surface area contributed by atoms with Gasteiger partial charge in [-0.15, -0.1) is 0 Å². The third-order valence-corrected chi connectivity index (χ3v) is 2.03. The number of nitrogens with zero attached hydrogens (tertiary/aromatic N) is 2. The highest BCUT2D eigenvalue weighted by molar-refractivity contribution is 5.14. The summed E-state index contributed by atoms with van der Waals surface area (Å²) in [5.74, 6) is 0. The molecule has 0 bridgehead atoms. The Balaban J connectivity index is 0.000000317. The van der Waals surface area contributed by atoms with E-state index in [0.29, 0.717) is 0 Å². The van der Waals surface area contributed by atoms with Crippen LogP contribution in [0.1, 0.15) is 5.56 Å². The molecule has 92 valence electrons. The van der Waals surface area contributed by atoms with Crippen molar-refractivity contribution in [2.75, 3.05) is 0 Å². The van der Waals surface area contributed by atoms with Crippen molar-refractivity contribution in [2.24, 2.45) is 7.05 Å². The first kappa shape index (κ1) is 13.3. The van der Waals surface area contributed by atoms with Crippen LogP contribution in [0.25, 0.3) is 0 Å². The predicted molar refractivity (Wildman–Crippen MR) is 58.3 cm³/mol. The van der Waals surface area contributed by atoms with Crippen molar-refractivity contribution in [3.63, 3.8) is 0 Å². The normalized spacial score (nSPS) is 9.94. The van der Waals surface area contributed by atoms with Crippen molar-refractivity contribution in [3.8, 4) is 0 Å². The minimum Gasteiger partial charge on any atom is -0.240 e. The Morgan fingerprint density at radius 2 is 1.76 bits per heavy atom. The van der Waals surface area contributed by atoms with Gasteiger partial charge in [0.05, 0.1) is 7.05 Å². The maximum Gasteiger partial charge on any atom is 0.379 e. The van der Waals surface area contributed by atoms with Gasteiger partial charge in [0.1, 0.15) is 18.9 Å². The number of halogens is 3. The highest BCUT2D eigenvalue weighted by atomic mass is 19.4. The van der Waals surface area contributed by atoms with Crippen LogP contribution in [0.2, 0.25) is 0 Å². The first-order valence-electron chi connectivity index (χ1n) is 5.05. The summed E-state index contributed by atoms with van der Waals surface area (Å²) >= 11 is 0. The van der Waals surface area contributed by atoms with E-state index in [1.54, 1.807) is 0 Å². The van der Waals surface area contributed by atoms with Gasteiger partial charge in [-0.05, 0) is 5.56 Å². The molecule has 1 aromatic heterocycles. The molecule has 5 heteroatoms. The molecule has 2 aromatic rings. The fraction of sp³-hybridized carbons (Fsp3) is 0.250. The molecule has 0 atom stereocenters. The number of hydrogen-bond donors (Lipinski definition) is 0. The fourth-order valence-electron chi connectivity index (χ4n) is 1.39. The molecule has 0 saturated carbocycles. The Bertz CT molecular complexity index is 424. The summed E-state index contributed by atoms with van der Waals surface area (Å²) < 4.78 is 33.2. The van der Waals surface area contributed by atoms with E-state index in [0.717, 1.165) is 6.54 Å². The number of alkyl halides is 3. The predicted octanol–water partition coefficient (Wildman–Crippen LogP) is 2.54. The van der Waals surface area contributed by atoms with Crippen molar-refractivity contribution >= 4 is 0 Å². The Hall–Kier alpha value is -1.78. The molecule has 0 N–H and O–H groups in total. The molecule has 2 nitrogen and oxygen atoms in total. The molecular weight excluding hydrogens is 229 g/mol. The summed E-state index contributed by atoms with van der Waals surface area (Å²) in [6.07, 6.45) is 6.20. The molecule has 0 aliphatic heterocycles. The zero-order chi connectivity index (χ0) is 12.7. The average Bonchev–Trinajstić information content (AvgIpc) is 2.65. The van der Waals surface area contributed by atoms with E-state index in [-0.39, 0.29) is 0 Å². The van der Waals surface area contributed by atoms with E-state index in [1.807, 2.05) is 23.9 Å². The molecule has 0 radical (unpaired) electrons. The van der Waals surface area contributed by atoms with Crippen molar-refractivity contribution in [2.45, 2.75) is 13.2 Å². The van der Waals surface area contributed by atoms with E-state index in [9.17, 15) is 13.2 Å². The third kappa shape index (κ3) is 5.75. The monoisotopic (exact) mass is 243 g/mol. The van der Waals surface area contributed by atoms with E-state index >= 15 is 0 Å². The van der Waals surface area contributed by atoms with Crippen LogP contribution in [0.5, 0.6) is 0 Å². The van der Waals surface area contributed by atoms with Crippen molar-refractivity contribution < 1.29 is 17.7 Å². The summed E-state index contributed by atoms with van der Waals surface area (Å²) in [7, 11) is 2.03. The van der Waals surface area contributed by atoms with E-state index in [2.05, 4.69) is 41.4 Å². The number of imidazole rings is 1. The van der Waals surface area contributed by atoms with Crippen LogP contribution >= 0.6 is 0 Å². The Labute approximate surface area is 97.9 Å². The largest absolute Gasteiger partial charge is 0.379 e. The van der Waals surface area contributed by atoms with Gasteiger partial charge in [0, 0.05) is 0 Å². The lowest BCUT2D eigenvalue weighted by Crippen LogP contribution is -2.23. The molecule has 0 fully saturated rings. The van der Waals surface area contributed by atoms with Crippen LogP contribution in [-0.2, 0) is 13.6 Å². The molecule has 1 aromatic carbocycles. The van der Waals surface area contributed by atoms with Crippen LogP contribution in [0.3, 0.4) is 0 Å². The summed E-state index contributed by atoms with van der Waals surface area (Å²) in [6, 6.07) is 10.5. The molecule has 0 aliphatic rings. The SMILES string of the molecule is C[n+]1ccn(Cc2ccccc2)c1.FC(F)F. The van der Waals surface area contributed by atoms with Gasteiger partial charge < -0.3 is 0 Å². The van der Waals surface area contributed by atoms with Gasteiger partial charge >= 0.3 is 6.68 Å². The first-order chi connectivity index (χ1) is 8.08. The number of aryl methyl sites for hydroxylation is 1. The third-order valence-electron chi connectivity index (χ3n) is 2.03. The molecule has 0 amide bonds. The molecule has 0 aliphatic carbocycles. The number of aromatic nitrogens is 2. The number of hydrogen-bond acceptors (Lipinski definition) is 0. The summed E-state index contributed by atoms with van der Waals surface area (Å²) in [6.45, 7) is -2.72. The van der Waals surface area contributed by atoms with Crippen molar-refractivity contribution in [1.82, 2.24) is 4.57 Å². The van der Waals surface area contributed by atoms with Gasteiger partial charge in [0.25, 0.3) is 0 Å². The zero-order valence-corrected chi connectivity index (χ0v) is 9.43. The average molecular weight is 243 g/mol. The second-order valence-electron chi connectivity index (χ2n) is 3.48. The Morgan fingerprint density at radius 3 is 2.24 bits per heavy atom. The molecule has 0 spiro atoms. The molecule has 0 unspecified atom stereocenters.